The van der Waals surface area contributed by atoms with Gasteiger partial charge in [-0.05, 0) is 114 Å². The van der Waals surface area contributed by atoms with Crippen LogP contribution in [0.15, 0.2) is 194 Å². The summed E-state index contributed by atoms with van der Waals surface area (Å²) in [6, 6.07) is 29.0. The largest absolute Gasteiger partial charge is 0.437 e. The van der Waals surface area contributed by atoms with Gasteiger partial charge in [0.15, 0.2) is 11.4 Å². The Kier molecular flexibility index (Phi) is 15.1. The third kappa shape index (κ3) is 13.4. The van der Waals surface area contributed by atoms with E-state index in [-0.39, 0.29) is 27.7 Å². The number of aromatic nitrogens is 3. The van der Waals surface area contributed by atoms with Gasteiger partial charge >= 0.3 is 60.7 Å². The maximum absolute atomic E-state index is 14.9. The summed E-state index contributed by atoms with van der Waals surface area (Å²) in [6.45, 7) is 0. The van der Waals surface area contributed by atoms with Crippen molar-refractivity contribution < 1.29 is 83.0 Å². The molecule has 0 aliphatic heterocycles. The molecule has 0 bridgehead atoms. The highest BCUT2D eigenvalue weighted by atomic mass is 32.2. The van der Waals surface area contributed by atoms with Gasteiger partial charge < -0.3 is 14.2 Å². The lowest BCUT2D eigenvalue weighted by atomic mass is 10.1. The maximum Gasteiger partial charge on any atom is 0.437 e. The SMILES string of the molecule is O=S(=O)(ON=C(F)c1ccc(Oc2nc(Oc3ccc(C(=NOS(=O)(=O)c4ccccc4)C(F)(F)F)cc3)nc(Oc3ccc(C(=NOS(=O)(=O)c4ccccc4)C(F)(F)F)cc3)n2)cc1)c1ccccc1. The van der Waals surface area contributed by atoms with E-state index in [0.717, 1.165) is 97.1 Å². The number of oxime groups is 3. The molecule has 0 spiro atoms. The molecule has 372 valence electrons. The molecule has 1 heterocycles. The average molecular weight is 1060 g/mol. The van der Waals surface area contributed by atoms with Crippen LogP contribution in [0.5, 0.6) is 35.3 Å². The van der Waals surface area contributed by atoms with Crippen LogP contribution in [0, 0.1) is 0 Å². The first kappa shape index (κ1) is 51.4. The summed E-state index contributed by atoms with van der Waals surface area (Å²) in [6.07, 6.45) is -10.5. The van der Waals surface area contributed by atoms with Crippen LogP contribution in [-0.2, 0) is 43.2 Å². The Morgan fingerprint density at radius 1 is 0.375 bits per heavy atom. The second kappa shape index (κ2) is 21.2. The van der Waals surface area contributed by atoms with Gasteiger partial charge in [0.25, 0.3) is 5.97 Å². The highest BCUT2D eigenvalue weighted by Gasteiger charge is 2.40. The van der Waals surface area contributed by atoms with E-state index < -0.39 is 99.0 Å². The van der Waals surface area contributed by atoms with Gasteiger partial charge in [0.1, 0.15) is 31.9 Å². The van der Waals surface area contributed by atoms with Gasteiger partial charge in [-0.1, -0.05) is 64.9 Å². The summed E-state index contributed by atoms with van der Waals surface area (Å²) in [5.41, 5.74) is -5.13. The zero-order chi connectivity index (χ0) is 51.7. The smallest absolute Gasteiger partial charge is 0.424 e. The van der Waals surface area contributed by atoms with Crippen LogP contribution >= 0.6 is 0 Å². The van der Waals surface area contributed by atoms with Crippen LogP contribution in [0.1, 0.15) is 16.7 Å². The van der Waals surface area contributed by atoms with Crippen LogP contribution in [0.25, 0.3) is 0 Å². The molecule has 0 saturated heterocycles. The van der Waals surface area contributed by atoms with E-state index in [2.05, 4.69) is 43.3 Å². The number of ether oxygens (including phenoxy) is 3. The zero-order valence-electron chi connectivity index (χ0n) is 35.5. The maximum atomic E-state index is 14.9. The van der Waals surface area contributed by atoms with Crippen molar-refractivity contribution in [1.29, 1.82) is 0 Å². The number of rotatable bonds is 18. The fraction of sp³-hybridized carbons (Fsp3) is 0.0455. The summed E-state index contributed by atoms with van der Waals surface area (Å²) in [7, 11) is -14.0. The molecule has 0 N–H and O–H groups in total. The van der Waals surface area contributed by atoms with Gasteiger partial charge in [-0.3, -0.25) is 12.9 Å². The number of benzene rings is 6. The molecule has 0 aliphatic rings. The molecule has 18 nitrogen and oxygen atoms in total. The molecular formula is C44H27F7N6O12S3. The number of nitrogens with zero attached hydrogens (tertiary/aromatic N) is 6. The highest BCUT2D eigenvalue weighted by molar-refractivity contribution is 7.87. The molecule has 7 aromatic rings. The predicted octanol–water partition coefficient (Wildman–Crippen LogP) is 9.63. The monoisotopic (exact) mass is 1060 g/mol. The summed E-state index contributed by atoms with van der Waals surface area (Å²) in [5, 5.41) is 8.80. The van der Waals surface area contributed by atoms with Gasteiger partial charge in [-0.25, -0.2) is 0 Å². The summed E-state index contributed by atoms with van der Waals surface area (Å²) < 4.78 is 204. The quantitative estimate of drug-likeness (QED) is 0.0442. The molecule has 0 radical (unpaired) electrons. The van der Waals surface area contributed by atoms with E-state index in [9.17, 15) is 56.0 Å². The normalized spacial score (nSPS) is 13.0. The topological polar surface area (TPSA) is 234 Å². The van der Waals surface area contributed by atoms with E-state index in [4.69, 9.17) is 14.2 Å². The van der Waals surface area contributed by atoms with Crippen molar-refractivity contribution in [3.63, 3.8) is 0 Å². The molecular weight excluding hydrogens is 1030 g/mol. The van der Waals surface area contributed by atoms with Gasteiger partial charge in [0.05, 0.1) is 0 Å². The highest BCUT2D eigenvalue weighted by Crippen LogP contribution is 2.31. The molecule has 0 unspecified atom stereocenters. The van der Waals surface area contributed by atoms with E-state index in [0.29, 0.717) is 0 Å². The molecule has 0 fully saturated rings. The van der Waals surface area contributed by atoms with Crippen LogP contribution in [0.3, 0.4) is 0 Å². The molecule has 0 aliphatic carbocycles. The minimum Gasteiger partial charge on any atom is -0.424 e. The third-order valence-electron chi connectivity index (χ3n) is 8.85. The third-order valence-corrected chi connectivity index (χ3v) is 12.2. The Balaban J connectivity index is 1.15. The van der Waals surface area contributed by atoms with Crippen molar-refractivity contribution >= 4 is 47.7 Å². The van der Waals surface area contributed by atoms with Crippen molar-refractivity contribution in [1.82, 2.24) is 15.0 Å². The van der Waals surface area contributed by atoms with Crippen molar-refractivity contribution in [3.05, 3.63) is 180 Å². The first-order chi connectivity index (χ1) is 34.1. The lowest BCUT2D eigenvalue weighted by molar-refractivity contribution is -0.0606. The molecule has 0 amide bonds. The van der Waals surface area contributed by atoms with Crippen LogP contribution in [-0.4, -0.2) is 69.9 Å². The van der Waals surface area contributed by atoms with E-state index >= 15 is 0 Å². The van der Waals surface area contributed by atoms with Crippen molar-refractivity contribution in [2.24, 2.45) is 15.5 Å². The minimum atomic E-state index is -5.23. The molecule has 28 heteroatoms. The molecule has 72 heavy (non-hydrogen) atoms. The van der Waals surface area contributed by atoms with Crippen molar-refractivity contribution in [2.45, 2.75) is 27.0 Å². The Morgan fingerprint density at radius 2 is 0.639 bits per heavy atom. The van der Waals surface area contributed by atoms with Crippen LogP contribution in [0.2, 0.25) is 0 Å². The first-order valence-corrected chi connectivity index (χ1v) is 23.9. The summed E-state index contributed by atoms with van der Waals surface area (Å²) in [5.74, 6) is -1.98. The molecule has 1 aromatic heterocycles. The second-order valence-corrected chi connectivity index (χ2v) is 18.4. The lowest BCUT2D eigenvalue weighted by Gasteiger charge is -2.12. The van der Waals surface area contributed by atoms with E-state index in [1.54, 1.807) is 6.07 Å². The second-order valence-electron chi connectivity index (χ2n) is 13.8. The Morgan fingerprint density at radius 3 is 0.917 bits per heavy atom. The molecule has 0 atom stereocenters. The number of hydrogen-bond acceptors (Lipinski definition) is 18. The summed E-state index contributed by atoms with van der Waals surface area (Å²) in [4.78, 5) is 10.7. The average Bonchev–Trinajstić information content (AvgIpc) is 3.34. The van der Waals surface area contributed by atoms with Gasteiger partial charge in [-0.2, -0.15) is 56.0 Å². The molecule has 7 rings (SSSR count). The van der Waals surface area contributed by atoms with Crippen molar-refractivity contribution in [2.75, 3.05) is 0 Å². The van der Waals surface area contributed by atoms with Crippen LogP contribution in [0.4, 0.5) is 30.7 Å². The van der Waals surface area contributed by atoms with E-state index in [1.165, 1.54) is 60.7 Å². The van der Waals surface area contributed by atoms with Crippen molar-refractivity contribution in [3.8, 4) is 35.3 Å². The Hall–Kier alpha value is -8.50. The standard InChI is InChI=1S/C44H27F7N6O12S3/c45-39(57-69-72(62,63)36-14-8-3-9-15-36)30-20-26-33(27-21-30)66-42-53-40(64-31-22-16-28(17-23-31)37(43(46,47)48)55-67-70(58,59)34-10-4-1-5-11-34)52-41(54-42)65-32-24-18-29(19-25-32)38(44(49,50)51)56-68-71(60,61)35-12-6-2-7-13-35/h1-27H. The van der Waals surface area contributed by atoms with Gasteiger partial charge in [0.2, 0.25) is 0 Å². The zero-order valence-corrected chi connectivity index (χ0v) is 38.0. The van der Waals surface area contributed by atoms with Crippen LogP contribution < -0.4 is 14.2 Å². The number of halogens is 7. The predicted molar refractivity (Wildman–Crippen MR) is 236 cm³/mol. The van der Waals surface area contributed by atoms with Gasteiger partial charge in [-0.15, -0.1) is 15.0 Å². The fourth-order valence-corrected chi connectivity index (χ4v) is 7.77. The summed E-state index contributed by atoms with van der Waals surface area (Å²) >= 11 is 0. The lowest BCUT2D eigenvalue weighted by Crippen LogP contribution is -2.25. The van der Waals surface area contributed by atoms with E-state index in [1.807, 2.05) is 0 Å². The minimum absolute atomic E-state index is 0.118. The fourth-order valence-electron chi connectivity index (χ4n) is 5.53. The number of alkyl halides is 6. The van der Waals surface area contributed by atoms with Gasteiger partial charge in [0, 0.05) is 16.7 Å². The Bertz CT molecular complexity index is 3310. The molecule has 0 saturated carbocycles. The number of hydrogen-bond donors (Lipinski definition) is 0. The first-order valence-electron chi connectivity index (χ1n) is 19.7. The Labute approximate surface area is 402 Å². The molecule has 6 aromatic carbocycles.